The molecule has 1 aliphatic carbocycles. The van der Waals surface area contributed by atoms with E-state index in [2.05, 4.69) is 16.0 Å². The van der Waals surface area contributed by atoms with Crippen LogP contribution in [0, 0.1) is 5.82 Å². The Labute approximate surface area is 307 Å². The molecule has 2 fully saturated rings. The van der Waals surface area contributed by atoms with Crippen LogP contribution in [-0.2, 0) is 14.3 Å². The molecule has 14 nitrogen and oxygen atoms in total. The van der Waals surface area contributed by atoms with Gasteiger partial charge in [0.05, 0.1) is 24.6 Å². The van der Waals surface area contributed by atoms with Crippen LogP contribution in [0.25, 0.3) is 10.9 Å². The van der Waals surface area contributed by atoms with Crippen molar-refractivity contribution < 1.29 is 47.3 Å². The number of carbonyl (C=O) groups is 4. The van der Waals surface area contributed by atoms with Crippen LogP contribution in [0.15, 0.2) is 28.5 Å². The first kappa shape index (κ1) is 40.9. The molecule has 1 aromatic heterocycles. The number of anilines is 1. The van der Waals surface area contributed by atoms with Gasteiger partial charge in [-0.15, -0.1) is 0 Å². The van der Waals surface area contributed by atoms with Gasteiger partial charge in [-0.2, -0.15) is 0 Å². The fourth-order valence-corrected chi connectivity index (χ4v) is 6.12. The average Bonchev–Trinajstić information content (AvgIpc) is 3.90. The number of unbranched alkanes of at least 4 members (excludes halogenated alkanes) is 1. The van der Waals surface area contributed by atoms with Crippen LogP contribution < -0.4 is 31.0 Å². The Hall–Kier alpha value is -4.89. The predicted molar refractivity (Wildman–Crippen MR) is 194 cm³/mol. The molecule has 292 valence electrons. The SMILES string of the molecule is COc1c(N2CCC/C(=C(\F)CNC(=O)C(CCCCNC(=O)OC(C)(C)C)NC(=O)OC(C)(C)C)C2)c(F)cc2c(=O)c(C(=O)O)cn(C3CC3)c12. The van der Waals surface area contributed by atoms with Gasteiger partial charge in [0.25, 0.3) is 0 Å². The second kappa shape index (κ2) is 16.8. The average molecular weight is 748 g/mol. The molecular formula is C37H51F2N5O9. The van der Waals surface area contributed by atoms with Gasteiger partial charge >= 0.3 is 18.2 Å². The molecule has 1 aliphatic heterocycles. The van der Waals surface area contributed by atoms with Gasteiger partial charge in [0.1, 0.15) is 34.3 Å². The lowest BCUT2D eigenvalue weighted by Gasteiger charge is -2.33. The van der Waals surface area contributed by atoms with Crippen molar-refractivity contribution in [3.05, 3.63) is 45.3 Å². The minimum Gasteiger partial charge on any atom is -0.492 e. The minimum absolute atomic E-state index is 0.0219. The molecular weight excluding hydrogens is 696 g/mol. The third-order valence-corrected chi connectivity index (χ3v) is 8.57. The Morgan fingerprint density at radius 2 is 1.68 bits per heavy atom. The molecule has 53 heavy (non-hydrogen) atoms. The van der Waals surface area contributed by atoms with Gasteiger partial charge in [-0.3, -0.25) is 9.59 Å². The number of nitrogens with zero attached hydrogens (tertiary/aromatic N) is 2. The normalized spacial score (nSPS) is 16.4. The van der Waals surface area contributed by atoms with E-state index < -0.39 is 70.5 Å². The monoisotopic (exact) mass is 747 g/mol. The number of hydrogen-bond donors (Lipinski definition) is 4. The van der Waals surface area contributed by atoms with Crippen LogP contribution in [0.2, 0.25) is 0 Å². The maximum Gasteiger partial charge on any atom is 0.408 e. The summed E-state index contributed by atoms with van der Waals surface area (Å²) in [5.41, 5.74) is -2.15. The second-order valence-corrected chi connectivity index (χ2v) is 15.3. The number of aromatic carboxylic acids is 1. The number of rotatable bonds is 13. The predicted octanol–water partition coefficient (Wildman–Crippen LogP) is 5.71. The van der Waals surface area contributed by atoms with Crippen molar-refractivity contribution in [2.45, 2.75) is 110 Å². The summed E-state index contributed by atoms with van der Waals surface area (Å²) >= 11 is 0. The van der Waals surface area contributed by atoms with E-state index in [-0.39, 0.29) is 47.9 Å². The summed E-state index contributed by atoms with van der Waals surface area (Å²) in [4.78, 5) is 64.3. The number of carbonyl (C=O) groups excluding carboxylic acids is 3. The number of benzene rings is 1. The van der Waals surface area contributed by atoms with E-state index in [0.29, 0.717) is 37.8 Å². The van der Waals surface area contributed by atoms with Gasteiger partial charge in [-0.05, 0) is 98.1 Å². The van der Waals surface area contributed by atoms with Crippen molar-refractivity contribution in [1.29, 1.82) is 0 Å². The van der Waals surface area contributed by atoms with Crippen molar-refractivity contribution in [3.8, 4) is 5.75 Å². The molecule has 1 saturated heterocycles. The smallest absolute Gasteiger partial charge is 0.408 e. The van der Waals surface area contributed by atoms with Crippen LogP contribution in [0.4, 0.5) is 24.1 Å². The number of methoxy groups -OCH3 is 1. The van der Waals surface area contributed by atoms with E-state index >= 15 is 8.78 Å². The standard InChI is InChI=1S/C37H51F2N5O9/c1-36(2,3)52-34(49)40-15-9-8-12-27(42-35(50)53-37(4,5)6)32(46)41-18-26(39)21-11-10-16-43(19-21)29-25(38)17-23-28(31(29)51-7)44(22-13-14-22)20-24(30(23)45)33(47)48/h17,20,22,27H,8-16,18-19H2,1-7H3,(H,40,49)(H,41,46)(H,42,50)(H,47,48)/b26-21+. The van der Waals surface area contributed by atoms with Gasteiger partial charge in [-0.25, -0.2) is 23.2 Å². The number of alkyl carbamates (subject to hydrolysis) is 2. The number of ether oxygens (including phenoxy) is 3. The number of carboxylic acid groups (broad SMARTS) is 1. The molecule has 4 N–H and O–H groups in total. The minimum atomic E-state index is -1.41. The number of nitrogens with one attached hydrogen (secondary N) is 3. The number of piperidine rings is 1. The number of amides is 3. The van der Waals surface area contributed by atoms with Crippen molar-refractivity contribution in [2.75, 3.05) is 38.2 Å². The Morgan fingerprint density at radius 1 is 1.02 bits per heavy atom. The first-order chi connectivity index (χ1) is 24.8. The zero-order chi connectivity index (χ0) is 39.2. The molecule has 1 unspecified atom stereocenters. The zero-order valence-electron chi connectivity index (χ0n) is 31.5. The topological polar surface area (TPSA) is 178 Å². The third kappa shape index (κ3) is 11.1. The van der Waals surface area contributed by atoms with Gasteiger partial charge in [-0.1, -0.05) is 0 Å². The highest BCUT2D eigenvalue weighted by Crippen LogP contribution is 2.44. The van der Waals surface area contributed by atoms with Gasteiger partial charge in [0.2, 0.25) is 11.3 Å². The first-order valence-electron chi connectivity index (χ1n) is 17.8. The Kier molecular flexibility index (Phi) is 13.0. The highest BCUT2D eigenvalue weighted by atomic mass is 19.1. The molecule has 0 bridgehead atoms. The molecule has 16 heteroatoms. The highest BCUT2D eigenvalue weighted by molar-refractivity contribution is 5.97. The fourth-order valence-electron chi connectivity index (χ4n) is 6.12. The molecule has 1 aromatic carbocycles. The number of halogens is 2. The lowest BCUT2D eigenvalue weighted by Crippen LogP contribution is -2.48. The van der Waals surface area contributed by atoms with E-state index in [1.807, 2.05) is 0 Å². The Morgan fingerprint density at radius 3 is 2.28 bits per heavy atom. The molecule has 3 amide bonds. The maximum absolute atomic E-state index is 15.9. The Bertz CT molecular complexity index is 1810. The largest absolute Gasteiger partial charge is 0.492 e. The first-order valence-corrected chi connectivity index (χ1v) is 17.8. The van der Waals surface area contributed by atoms with Crippen LogP contribution in [0.5, 0.6) is 5.75 Å². The van der Waals surface area contributed by atoms with Crippen LogP contribution >= 0.6 is 0 Å². The van der Waals surface area contributed by atoms with Gasteiger partial charge in [0, 0.05) is 31.9 Å². The molecule has 2 aliphatic rings. The van der Waals surface area contributed by atoms with Crippen molar-refractivity contribution >= 4 is 40.7 Å². The summed E-state index contributed by atoms with van der Waals surface area (Å²) in [6.45, 7) is 10.4. The summed E-state index contributed by atoms with van der Waals surface area (Å²) < 4.78 is 49.5. The zero-order valence-corrected chi connectivity index (χ0v) is 31.5. The van der Waals surface area contributed by atoms with Crippen LogP contribution in [-0.4, -0.2) is 84.3 Å². The maximum atomic E-state index is 15.9. The summed E-state index contributed by atoms with van der Waals surface area (Å²) in [5, 5.41) is 17.3. The van der Waals surface area contributed by atoms with E-state index in [1.165, 1.54) is 13.3 Å². The molecule has 2 heterocycles. The number of fused-ring (bicyclic) bond motifs is 1. The molecule has 1 atom stereocenters. The molecule has 0 spiro atoms. The van der Waals surface area contributed by atoms with Crippen LogP contribution in [0.1, 0.15) is 103 Å². The molecule has 0 radical (unpaired) electrons. The van der Waals surface area contributed by atoms with Crippen molar-refractivity contribution in [1.82, 2.24) is 20.5 Å². The number of carboxylic acids is 1. The van der Waals surface area contributed by atoms with E-state index in [0.717, 1.165) is 18.9 Å². The second-order valence-electron chi connectivity index (χ2n) is 15.3. The number of hydrogen-bond acceptors (Lipinski definition) is 9. The summed E-state index contributed by atoms with van der Waals surface area (Å²) in [6.07, 6.45) is 3.24. The van der Waals surface area contributed by atoms with Crippen LogP contribution in [0.3, 0.4) is 0 Å². The highest BCUT2D eigenvalue weighted by Gasteiger charge is 2.33. The Balaban J connectivity index is 1.49. The third-order valence-electron chi connectivity index (χ3n) is 8.57. The summed E-state index contributed by atoms with van der Waals surface area (Å²) in [7, 11) is 1.33. The summed E-state index contributed by atoms with van der Waals surface area (Å²) in [6, 6.07) is -0.126. The van der Waals surface area contributed by atoms with E-state index in [9.17, 15) is 29.1 Å². The molecule has 4 rings (SSSR count). The summed E-state index contributed by atoms with van der Waals surface area (Å²) in [5.74, 6) is -3.44. The lowest BCUT2D eigenvalue weighted by molar-refractivity contribution is -0.123. The van der Waals surface area contributed by atoms with Crippen molar-refractivity contribution in [2.24, 2.45) is 0 Å². The van der Waals surface area contributed by atoms with Gasteiger partial charge in [0.15, 0.2) is 11.6 Å². The molecule has 1 saturated carbocycles. The number of aromatic nitrogens is 1. The van der Waals surface area contributed by atoms with Crippen molar-refractivity contribution in [3.63, 3.8) is 0 Å². The van der Waals surface area contributed by atoms with Gasteiger partial charge < -0.3 is 44.7 Å². The quantitative estimate of drug-likeness (QED) is 0.186. The lowest BCUT2D eigenvalue weighted by atomic mass is 10.0. The molecule has 2 aromatic rings. The fraction of sp³-hybridized carbons (Fsp3) is 0.595. The van der Waals surface area contributed by atoms with E-state index in [4.69, 9.17) is 14.2 Å². The number of pyridine rings is 1. The van der Waals surface area contributed by atoms with E-state index in [1.54, 1.807) is 51.0 Å².